The molecule has 0 nitrogen and oxygen atoms in total. The van der Waals surface area contributed by atoms with E-state index in [0.717, 1.165) is 6.42 Å². The molecule has 27 heavy (non-hydrogen) atoms. The SMILES string of the molecule is CCCCC#C/C(=[CH]\[Sn]([CH2]CCC)([CH2]CCC)[CH2]CCC)c1ccccc1. The fourth-order valence-corrected chi connectivity index (χ4v) is 18.6. The average Bonchev–Trinajstić information content (AvgIpc) is 2.71. The van der Waals surface area contributed by atoms with Gasteiger partial charge in [-0.05, 0) is 0 Å². The first-order chi connectivity index (χ1) is 13.2. The van der Waals surface area contributed by atoms with Crippen molar-refractivity contribution in [2.24, 2.45) is 0 Å². The van der Waals surface area contributed by atoms with E-state index < -0.39 is 18.4 Å². The summed E-state index contributed by atoms with van der Waals surface area (Å²) in [6.45, 7) is 9.30. The van der Waals surface area contributed by atoms with Gasteiger partial charge in [-0.1, -0.05) is 0 Å². The van der Waals surface area contributed by atoms with Crippen molar-refractivity contribution in [3.63, 3.8) is 0 Å². The summed E-state index contributed by atoms with van der Waals surface area (Å²) in [5, 5.41) is 0. The van der Waals surface area contributed by atoms with E-state index in [1.165, 1.54) is 75.8 Å². The summed E-state index contributed by atoms with van der Waals surface area (Å²) in [4.78, 5) is 0. The molecule has 1 aromatic rings. The van der Waals surface area contributed by atoms with Gasteiger partial charge in [-0.25, -0.2) is 0 Å². The second-order valence-corrected chi connectivity index (χ2v) is 20.9. The molecule has 0 aliphatic carbocycles. The molecule has 1 heteroatoms. The second-order valence-electron chi connectivity index (χ2n) is 8.00. The molecule has 0 amide bonds. The first kappa shape index (κ1) is 24.4. The molecule has 0 bridgehead atoms. The molecule has 0 heterocycles. The second kappa shape index (κ2) is 15.3. The van der Waals surface area contributed by atoms with Gasteiger partial charge in [-0.15, -0.1) is 0 Å². The Labute approximate surface area is 174 Å². The van der Waals surface area contributed by atoms with Crippen LogP contribution in [0.1, 0.15) is 91.0 Å². The van der Waals surface area contributed by atoms with Crippen molar-refractivity contribution in [1.29, 1.82) is 0 Å². The third-order valence-corrected chi connectivity index (χ3v) is 19.6. The molecule has 1 rings (SSSR count). The van der Waals surface area contributed by atoms with Crippen LogP contribution in [0.2, 0.25) is 13.3 Å². The topological polar surface area (TPSA) is 0 Å². The van der Waals surface area contributed by atoms with Gasteiger partial charge in [0.1, 0.15) is 0 Å². The van der Waals surface area contributed by atoms with E-state index in [2.05, 4.69) is 74.0 Å². The zero-order valence-corrected chi connectivity index (χ0v) is 21.3. The maximum atomic E-state index is 3.62. The van der Waals surface area contributed by atoms with Crippen molar-refractivity contribution in [3.8, 4) is 11.8 Å². The van der Waals surface area contributed by atoms with Crippen LogP contribution in [0, 0.1) is 11.8 Å². The van der Waals surface area contributed by atoms with Crippen LogP contribution >= 0.6 is 0 Å². The fourth-order valence-electron chi connectivity index (χ4n) is 3.72. The zero-order chi connectivity index (χ0) is 19.8. The Morgan fingerprint density at radius 1 is 0.778 bits per heavy atom. The summed E-state index contributed by atoms with van der Waals surface area (Å²) >= 11 is -2.33. The molecule has 0 fully saturated rings. The third kappa shape index (κ3) is 9.89. The molecular weight excluding hydrogens is 431 g/mol. The van der Waals surface area contributed by atoms with Crippen molar-refractivity contribution >= 4 is 24.0 Å². The molecule has 0 saturated carbocycles. The molecule has 150 valence electrons. The Morgan fingerprint density at radius 3 is 1.78 bits per heavy atom. The Hall–Kier alpha value is -0.681. The summed E-state index contributed by atoms with van der Waals surface area (Å²) < 4.78 is 7.33. The van der Waals surface area contributed by atoms with Gasteiger partial charge in [-0.3, -0.25) is 0 Å². The number of hydrogen-bond acceptors (Lipinski definition) is 0. The summed E-state index contributed by atoms with van der Waals surface area (Å²) in [5.41, 5.74) is 2.69. The summed E-state index contributed by atoms with van der Waals surface area (Å²) in [5.74, 6) is 7.11. The van der Waals surface area contributed by atoms with Crippen LogP contribution in [0.15, 0.2) is 34.4 Å². The van der Waals surface area contributed by atoms with Crippen LogP contribution in [0.3, 0.4) is 0 Å². The van der Waals surface area contributed by atoms with Gasteiger partial charge in [-0.2, -0.15) is 0 Å². The molecule has 0 N–H and O–H groups in total. The van der Waals surface area contributed by atoms with Crippen LogP contribution in [0.4, 0.5) is 0 Å². The molecule has 0 aliphatic heterocycles. The predicted octanol–water partition coefficient (Wildman–Crippen LogP) is 8.65. The summed E-state index contributed by atoms with van der Waals surface area (Å²) in [6.07, 6.45) is 11.7. The van der Waals surface area contributed by atoms with Crippen LogP contribution in [-0.2, 0) is 0 Å². The minimum absolute atomic E-state index is 1.03. The Morgan fingerprint density at radius 2 is 1.30 bits per heavy atom. The van der Waals surface area contributed by atoms with Gasteiger partial charge in [0.05, 0.1) is 0 Å². The van der Waals surface area contributed by atoms with Gasteiger partial charge in [0, 0.05) is 0 Å². The minimum atomic E-state index is -2.33. The van der Waals surface area contributed by atoms with Gasteiger partial charge < -0.3 is 0 Å². The number of hydrogen-bond donors (Lipinski definition) is 0. The normalized spacial score (nSPS) is 11.9. The first-order valence-electron chi connectivity index (χ1n) is 11.5. The molecular formula is C26H42Sn. The average molecular weight is 473 g/mol. The quantitative estimate of drug-likeness (QED) is 0.153. The molecule has 0 aliphatic rings. The Kier molecular flexibility index (Phi) is 13.8. The van der Waals surface area contributed by atoms with E-state index in [4.69, 9.17) is 0 Å². The molecule has 0 atom stereocenters. The predicted molar refractivity (Wildman–Crippen MR) is 127 cm³/mol. The van der Waals surface area contributed by atoms with E-state index in [0.29, 0.717) is 0 Å². The standard InChI is InChI=1S/C14H15.3C4H9.Sn/c1-3-4-5-7-10-13(2)14-11-8-6-9-12-14;3*1-3-4-2;/h2,6,8-9,11-12H,3-5H2,1H3;3*1,3-4H2,2H3;. The number of benzene rings is 1. The molecule has 0 unspecified atom stereocenters. The fraction of sp³-hybridized carbons (Fsp3) is 0.615. The zero-order valence-electron chi connectivity index (χ0n) is 18.4. The number of rotatable bonds is 13. The summed E-state index contributed by atoms with van der Waals surface area (Å²) in [6, 6.07) is 11.0. The van der Waals surface area contributed by atoms with E-state index >= 15 is 0 Å². The Bertz CT molecular complexity index is 551. The Balaban J connectivity index is 3.29. The molecule has 0 radical (unpaired) electrons. The van der Waals surface area contributed by atoms with Gasteiger partial charge in [0.25, 0.3) is 0 Å². The third-order valence-electron chi connectivity index (χ3n) is 5.50. The maximum absolute atomic E-state index is 3.62. The van der Waals surface area contributed by atoms with Crippen molar-refractivity contribution in [2.75, 3.05) is 0 Å². The van der Waals surface area contributed by atoms with Crippen LogP contribution < -0.4 is 0 Å². The molecule has 1 aromatic carbocycles. The van der Waals surface area contributed by atoms with Gasteiger partial charge in [0.2, 0.25) is 0 Å². The van der Waals surface area contributed by atoms with Crippen molar-refractivity contribution in [1.82, 2.24) is 0 Å². The van der Waals surface area contributed by atoms with E-state index in [1.54, 1.807) is 0 Å². The van der Waals surface area contributed by atoms with E-state index in [-0.39, 0.29) is 0 Å². The van der Waals surface area contributed by atoms with Crippen molar-refractivity contribution < 1.29 is 0 Å². The number of allylic oxidation sites excluding steroid dienone is 1. The molecule has 0 aromatic heterocycles. The van der Waals surface area contributed by atoms with Gasteiger partial charge >= 0.3 is 175 Å². The van der Waals surface area contributed by atoms with E-state index in [9.17, 15) is 0 Å². The molecule has 0 saturated heterocycles. The van der Waals surface area contributed by atoms with Crippen molar-refractivity contribution in [2.45, 2.75) is 98.8 Å². The number of unbranched alkanes of at least 4 members (excludes halogenated alkanes) is 5. The first-order valence-corrected chi connectivity index (χ1v) is 19.2. The van der Waals surface area contributed by atoms with Crippen molar-refractivity contribution in [3.05, 3.63) is 40.0 Å². The van der Waals surface area contributed by atoms with Crippen LogP contribution in [0.25, 0.3) is 5.57 Å². The summed E-state index contributed by atoms with van der Waals surface area (Å²) in [7, 11) is 0. The van der Waals surface area contributed by atoms with Gasteiger partial charge in [0.15, 0.2) is 0 Å². The van der Waals surface area contributed by atoms with E-state index in [1.807, 2.05) is 0 Å². The van der Waals surface area contributed by atoms with Crippen LogP contribution in [0.5, 0.6) is 0 Å². The monoisotopic (exact) mass is 474 g/mol. The van der Waals surface area contributed by atoms with Crippen LogP contribution in [-0.4, -0.2) is 18.4 Å². The molecule has 0 spiro atoms.